The molecule has 29 heavy (non-hydrogen) atoms. The van der Waals surface area contributed by atoms with Crippen LogP contribution in [0.1, 0.15) is 46.5 Å². The zero-order valence-corrected chi connectivity index (χ0v) is 16.9. The summed E-state index contributed by atoms with van der Waals surface area (Å²) in [5, 5.41) is 0. The molecule has 2 fully saturated rings. The lowest BCUT2D eigenvalue weighted by atomic mass is 9.98. The second-order valence-corrected chi connectivity index (χ2v) is 7.99. The highest BCUT2D eigenvalue weighted by Gasteiger charge is 2.27. The Hall–Kier alpha value is -2.83. The van der Waals surface area contributed by atoms with Crippen LogP contribution < -0.4 is 4.74 Å². The van der Waals surface area contributed by atoms with E-state index in [0.717, 1.165) is 45.3 Å². The molecule has 0 bridgehead atoms. The highest BCUT2D eigenvalue weighted by atomic mass is 16.5. The molecular weight excluding hydrogens is 368 g/mol. The van der Waals surface area contributed by atoms with E-state index >= 15 is 0 Å². The Morgan fingerprint density at radius 3 is 2.59 bits per heavy atom. The Morgan fingerprint density at radius 2 is 1.83 bits per heavy atom. The lowest BCUT2D eigenvalue weighted by Gasteiger charge is -2.32. The van der Waals surface area contributed by atoms with E-state index in [4.69, 9.17) is 4.74 Å². The molecule has 3 heterocycles. The predicted molar refractivity (Wildman–Crippen MR) is 109 cm³/mol. The molecule has 2 aliphatic heterocycles. The average Bonchev–Trinajstić information content (AvgIpc) is 3.44. The number of benzene rings is 1. The number of aryl methyl sites for hydroxylation is 1. The fourth-order valence-electron chi connectivity index (χ4n) is 4.14. The number of ether oxygens (including phenoxy) is 1. The van der Waals surface area contributed by atoms with Gasteiger partial charge in [-0.05, 0) is 37.8 Å². The maximum absolute atomic E-state index is 12.8. The first-order valence-corrected chi connectivity index (χ1v) is 10.4. The summed E-state index contributed by atoms with van der Waals surface area (Å²) in [7, 11) is 1.86. The van der Waals surface area contributed by atoms with Crippen molar-refractivity contribution in [3.05, 3.63) is 48.0 Å². The van der Waals surface area contributed by atoms with Gasteiger partial charge in [0.05, 0.1) is 18.5 Å². The van der Waals surface area contributed by atoms with Crippen molar-refractivity contribution >= 4 is 11.8 Å². The van der Waals surface area contributed by atoms with Crippen molar-refractivity contribution in [1.82, 2.24) is 19.4 Å². The Labute approximate surface area is 171 Å². The molecule has 1 unspecified atom stereocenters. The molecule has 0 radical (unpaired) electrons. The van der Waals surface area contributed by atoms with E-state index in [9.17, 15) is 9.59 Å². The molecule has 1 atom stereocenters. The van der Waals surface area contributed by atoms with Crippen molar-refractivity contribution in [2.45, 2.75) is 25.7 Å². The number of hydrogen-bond acceptors (Lipinski definition) is 4. The monoisotopic (exact) mass is 396 g/mol. The second-order valence-electron chi connectivity index (χ2n) is 7.99. The van der Waals surface area contributed by atoms with Gasteiger partial charge in [0.15, 0.2) is 0 Å². The summed E-state index contributed by atoms with van der Waals surface area (Å²) in [4.78, 5) is 33.4. The summed E-state index contributed by atoms with van der Waals surface area (Å²) < 4.78 is 7.87. The average molecular weight is 396 g/mol. The Morgan fingerprint density at radius 1 is 1.07 bits per heavy atom. The largest absolute Gasteiger partial charge is 0.492 e. The molecule has 4 rings (SSSR count). The van der Waals surface area contributed by atoms with E-state index in [1.54, 1.807) is 17.1 Å². The number of amides is 2. The molecule has 1 aromatic carbocycles. The maximum atomic E-state index is 12.8. The number of carbonyl (C=O) groups excluding carboxylic acids is 2. The number of likely N-dealkylation sites (tertiary alicyclic amines) is 2. The van der Waals surface area contributed by atoms with Crippen molar-refractivity contribution in [2.75, 3.05) is 32.8 Å². The fourth-order valence-corrected chi connectivity index (χ4v) is 4.14. The zero-order valence-electron chi connectivity index (χ0n) is 16.9. The molecule has 0 spiro atoms. The fraction of sp³-hybridized carbons (Fsp3) is 0.500. The minimum absolute atomic E-state index is 0.0279. The number of piperidine rings is 1. The molecule has 1 aromatic heterocycles. The van der Waals surface area contributed by atoms with Gasteiger partial charge in [-0.1, -0.05) is 12.1 Å². The number of hydrogen-bond donors (Lipinski definition) is 0. The molecule has 7 nitrogen and oxygen atoms in total. The van der Waals surface area contributed by atoms with E-state index in [1.165, 1.54) is 0 Å². The van der Waals surface area contributed by atoms with Gasteiger partial charge in [-0.3, -0.25) is 9.59 Å². The number of aromatic nitrogens is 2. The van der Waals surface area contributed by atoms with E-state index in [0.29, 0.717) is 30.2 Å². The van der Waals surface area contributed by atoms with Crippen molar-refractivity contribution in [1.29, 1.82) is 0 Å². The number of nitrogens with zero attached hydrogens (tertiary/aromatic N) is 4. The number of rotatable bonds is 5. The van der Waals surface area contributed by atoms with Crippen LogP contribution in [0.15, 0.2) is 36.8 Å². The first kappa shape index (κ1) is 19.5. The first-order chi connectivity index (χ1) is 14.1. The van der Waals surface area contributed by atoms with Crippen LogP contribution in [0, 0.1) is 5.92 Å². The van der Waals surface area contributed by atoms with Gasteiger partial charge in [0.25, 0.3) is 11.8 Å². The summed E-state index contributed by atoms with van der Waals surface area (Å²) in [6.45, 7) is 3.53. The van der Waals surface area contributed by atoms with E-state index in [2.05, 4.69) is 4.98 Å². The van der Waals surface area contributed by atoms with Gasteiger partial charge in [0.2, 0.25) is 0 Å². The van der Waals surface area contributed by atoms with Gasteiger partial charge >= 0.3 is 0 Å². The van der Waals surface area contributed by atoms with Crippen LogP contribution in [0.2, 0.25) is 0 Å². The summed E-state index contributed by atoms with van der Waals surface area (Å²) in [5.74, 6) is 0.901. The quantitative estimate of drug-likeness (QED) is 0.779. The topological polar surface area (TPSA) is 67.7 Å². The molecule has 2 aliphatic rings. The number of carbonyl (C=O) groups is 2. The molecule has 0 saturated carbocycles. The summed E-state index contributed by atoms with van der Waals surface area (Å²) in [5.41, 5.74) is 1.11. The highest BCUT2D eigenvalue weighted by Crippen LogP contribution is 2.25. The molecular formula is C22H28N4O3. The van der Waals surface area contributed by atoms with Crippen LogP contribution in [-0.4, -0.2) is 64.0 Å². The lowest BCUT2D eigenvalue weighted by molar-refractivity contribution is 0.0627. The van der Waals surface area contributed by atoms with Crippen LogP contribution in [0.25, 0.3) is 0 Å². The van der Waals surface area contributed by atoms with Gasteiger partial charge in [-0.2, -0.15) is 0 Å². The third-order valence-corrected chi connectivity index (χ3v) is 5.72. The Kier molecular flexibility index (Phi) is 5.83. The summed E-state index contributed by atoms with van der Waals surface area (Å²) >= 11 is 0. The van der Waals surface area contributed by atoms with Gasteiger partial charge in [0, 0.05) is 45.3 Å². The van der Waals surface area contributed by atoms with Crippen LogP contribution in [0.5, 0.6) is 5.75 Å². The minimum atomic E-state index is -0.0279. The van der Waals surface area contributed by atoms with Crippen LogP contribution >= 0.6 is 0 Å². The standard InChI is InChI=1S/C22H28N4O3/c1-24-14-19(23-16-24)22(28)26-12-6-7-17(13-26)15-29-20-9-3-2-8-18(20)21(27)25-10-4-5-11-25/h2-3,8-9,14,16-17H,4-7,10-13,15H2,1H3. The summed E-state index contributed by atoms with van der Waals surface area (Å²) in [6.07, 6.45) is 7.48. The molecule has 154 valence electrons. The van der Waals surface area contributed by atoms with Gasteiger partial charge < -0.3 is 19.1 Å². The van der Waals surface area contributed by atoms with Crippen LogP contribution in [0.4, 0.5) is 0 Å². The molecule has 2 aromatic rings. The maximum Gasteiger partial charge on any atom is 0.274 e. The predicted octanol–water partition coefficient (Wildman–Crippen LogP) is 2.59. The van der Waals surface area contributed by atoms with E-state index in [-0.39, 0.29) is 17.7 Å². The summed E-state index contributed by atoms with van der Waals surface area (Å²) in [6, 6.07) is 7.48. The molecule has 2 saturated heterocycles. The van der Waals surface area contributed by atoms with Crippen LogP contribution in [-0.2, 0) is 7.05 Å². The smallest absolute Gasteiger partial charge is 0.274 e. The minimum Gasteiger partial charge on any atom is -0.492 e. The SMILES string of the molecule is Cn1cnc(C(=O)N2CCCC(COc3ccccc3C(=O)N3CCCC3)C2)c1. The molecule has 2 amide bonds. The van der Waals surface area contributed by atoms with Crippen molar-refractivity contribution in [3.8, 4) is 5.75 Å². The van der Waals surface area contributed by atoms with E-state index in [1.807, 2.05) is 41.1 Å². The van der Waals surface area contributed by atoms with Gasteiger partial charge in [-0.25, -0.2) is 4.98 Å². The zero-order chi connectivity index (χ0) is 20.2. The van der Waals surface area contributed by atoms with Crippen LogP contribution in [0.3, 0.4) is 0 Å². The Bertz CT molecular complexity index is 872. The Balaban J connectivity index is 1.38. The van der Waals surface area contributed by atoms with Crippen molar-refractivity contribution < 1.29 is 14.3 Å². The number of para-hydroxylation sites is 1. The van der Waals surface area contributed by atoms with Gasteiger partial charge in [0.1, 0.15) is 11.4 Å². The number of imidazole rings is 1. The van der Waals surface area contributed by atoms with Crippen molar-refractivity contribution in [3.63, 3.8) is 0 Å². The highest BCUT2D eigenvalue weighted by molar-refractivity contribution is 5.97. The molecule has 7 heteroatoms. The first-order valence-electron chi connectivity index (χ1n) is 10.4. The lowest BCUT2D eigenvalue weighted by Crippen LogP contribution is -2.41. The third-order valence-electron chi connectivity index (χ3n) is 5.72. The van der Waals surface area contributed by atoms with Gasteiger partial charge in [-0.15, -0.1) is 0 Å². The normalized spacial score (nSPS) is 19.4. The second kappa shape index (κ2) is 8.68. The molecule has 0 N–H and O–H groups in total. The van der Waals surface area contributed by atoms with Crippen molar-refractivity contribution in [2.24, 2.45) is 13.0 Å². The molecule has 0 aliphatic carbocycles. The van der Waals surface area contributed by atoms with E-state index < -0.39 is 0 Å². The third kappa shape index (κ3) is 4.44.